The fourth-order valence-corrected chi connectivity index (χ4v) is 4.10. The quantitative estimate of drug-likeness (QED) is 0.589. The zero-order chi connectivity index (χ0) is 20.3. The number of carbonyl (C=O) groups excluding carboxylic acids is 1. The summed E-state index contributed by atoms with van der Waals surface area (Å²) >= 11 is 0. The van der Waals surface area contributed by atoms with Gasteiger partial charge in [-0.1, -0.05) is 22.9 Å². The van der Waals surface area contributed by atoms with Gasteiger partial charge in [0.2, 0.25) is 0 Å². The summed E-state index contributed by atoms with van der Waals surface area (Å²) in [6, 6.07) is 14.4. The Labute approximate surface area is 163 Å². The van der Waals surface area contributed by atoms with Crippen LogP contribution in [0.3, 0.4) is 0 Å². The van der Waals surface area contributed by atoms with Gasteiger partial charge in [-0.05, 0) is 50.2 Å². The Hall–Kier alpha value is -3.13. The molecule has 0 bridgehead atoms. The van der Waals surface area contributed by atoms with Gasteiger partial charge in [0.15, 0.2) is 5.76 Å². The minimum atomic E-state index is -3.87. The normalized spacial score (nSPS) is 11.2. The maximum atomic E-state index is 13.3. The number of anilines is 1. The molecule has 0 atom stereocenters. The van der Waals surface area contributed by atoms with Crippen LogP contribution < -0.4 is 4.31 Å². The summed E-state index contributed by atoms with van der Waals surface area (Å²) in [7, 11) is -2.58. The van der Waals surface area contributed by atoms with Crippen LogP contribution in [0, 0.1) is 13.8 Å². The van der Waals surface area contributed by atoms with Gasteiger partial charge in [0.05, 0.1) is 35.5 Å². The Bertz CT molecular complexity index is 1070. The van der Waals surface area contributed by atoms with Gasteiger partial charge in [-0.25, -0.2) is 13.2 Å². The number of methoxy groups -OCH3 is 1. The maximum Gasteiger partial charge on any atom is 0.337 e. The molecule has 0 radical (unpaired) electrons. The van der Waals surface area contributed by atoms with Crippen LogP contribution in [0.1, 0.15) is 27.4 Å². The number of rotatable bonds is 6. The third-order valence-electron chi connectivity index (χ3n) is 4.16. The molecular formula is C20H20N2O5S. The van der Waals surface area contributed by atoms with E-state index >= 15 is 0 Å². The van der Waals surface area contributed by atoms with Gasteiger partial charge >= 0.3 is 5.97 Å². The lowest BCUT2D eigenvalue weighted by molar-refractivity contribution is 0.0600. The van der Waals surface area contributed by atoms with E-state index < -0.39 is 16.0 Å². The molecule has 3 aromatic rings. The number of nitrogens with zero attached hydrogens (tertiary/aromatic N) is 2. The maximum absolute atomic E-state index is 13.3. The molecule has 0 aliphatic carbocycles. The van der Waals surface area contributed by atoms with E-state index in [4.69, 9.17) is 4.52 Å². The van der Waals surface area contributed by atoms with Gasteiger partial charge in [-0.3, -0.25) is 4.31 Å². The van der Waals surface area contributed by atoms with Gasteiger partial charge in [0.1, 0.15) is 0 Å². The molecule has 7 nitrogen and oxygen atoms in total. The molecule has 28 heavy (non-hydrogen) atoms. The number of aryl methyl sites for hydroxylation is 2. The zero-order valence-electron chi connectivity index (χ0n) is 15.7. The lowest BCUT2D eigenvalue weighted by atomic mass is 10.2. The average Bonchev–Trinajstić information content (AvgIpc) is 3.11. The number of esters is 1. The highest BCUT2D eigenvalue weighted by molar-refractivity contribution is 7.92. The number of carbonyl (C=O) groups is 1. The fraction of sp³-hybridized carbons (Fsp3) is 0.200. The van der Waals surface area contributed by atoms with Crippen molar-refractivity contribution in [1.29, 1.82) is 0 Å². The summed E-state index contributed by atoms with van der Waals surface area (Å²) in [6.45, 7) is 3.61. The number of hydrogen-bond donors (Lipinski definition) is 0. The molecule has 0 spiro atoms. The van der Waals surface area contributed by atoms with Crippen LogP contribution in [0.5, 0.6) is 0 Å². The second-order valence-electron chi connectivity index (χ2n) is 6.30. The zero-order valence-corrected chi connectivity index (χ0v) is 16.6. The van der Waals surface area contributed by atoms with Crippen LogP contribution in [0.15, 0.2) is 64.0 Å². The first-order chi connectivity index (χ1) is 13.3. The molecule has 3 rings (SSSR count). The predicted molar refractivity (Wildman–Crippen MR) is 104 cm³/mol. The van der Waals surface area contributed by atoms with E-state index in [-0.39, 0.29) is 11.4 Å². The molecule has 1 aromatic heterocycles. The Morgan fingerprint density at radius 2 is 1.71 bits per heavy atom. The van der Waals surface area contributed by atoms with E-state index in [2.05, 4.69) is 9.89 Å². The summed E-state index contributed by atoms with van der Waals surface area (Å²) in [6.07, 6.45) is 0. The summed E-state index contributed by atoms with van der Waals surface area (Å²) < 4.78 is 37.7. The van der Waals surface area contributed by atoms with Crippen molar-refractivity contribution >= 4 is 21.7 Å². The van der Waals surface area contributed by atoms with Crippen molar-refractivity contribution in [3.8, 4) is 0 Å². The van der Waals surface area contributed by atoms with E-state index in [9.17, 15) is 13.2 Å². The SMILES string of the molecule is COC(=O)c1ccc(N(Cc2cc(C)no2)S(=O)(=O)c2ccc(C)cc2)cc1. The lowest BCUT2D eigenvalue weighted by Gasteiger charge is -2.23. The highest BCUT2D eigenvalue weighted by Crippen LogP contribution is 2.27. The van der Waals surface area contributed by atoms with Crippen molar-refractivity contribution < 1.29 is 22.5 Å². The standard InChI is InChI=1S/C20H20N2O5S/c1-14-4-10-19(11-5-14)28(24,25)22(13-18-12-15(2)21-27-18)17-8-6-16(7-9-17)20(23)26-3/h4-12H,13H2,1-3H3. The van der Waals surface area contributed by atoms with Crippen molar-refractivity contribution in [2.45, 2.75) is 25.3 Å². The molecule has 0 unspecified atom stereocenters. The van der Waals surface area contributed by atoms with E-state index in [1.807, 2.05) is 6.92 Å². The molecule has 0 aliphatic heterocycles. The molecule has 1 heterocycles. The number of benzene rings is 2. The van der Waals surface area contributed by atoms with Crippen molar-refractivity contribution in [2.24, 2.45) is 0 Å². The number of sulfonamides is 1. The molecule has 0 saturated heterocycles. The first-order valence-corrected chi connectivity index (χ1v) is 9.95. The van der Waals surface area contributed by atoms with Crippen LogP contribution in [0.4, 0.5) is 5.69 Å². The number of aromatic nitrogens is 1. The second kappa shape index (κ2) is 7.85. The molecule has 2 aromatic carbocycles. The first-order valence-electron chi connectivity index (χ1n) is 8.51. The fourth-order valence-electron chi connectivity index (χ4n) is 2.67. The van der Waals surface area contributed by atoms with Gasteiger partial charge in [0.25, 0.3) is 10.0 Å². The van der Waals surface area contributed by atoms with Crippen molar-refractivity contribution in [1.82, 2.24) is 5.16 Å². The van der Waals surface area contributed by atoms with E-state index in [1.54, 1.807) is 49.4 Å². The number of hydrogen-bond acceptors (Lipinski definition) is 6. The van der Waals surface area contributed by atoms with Gasteiger partial charge in [-0.15, -0.1) is 0 Å². The van der Waals surface area contributed by atoms with E-state index in [1.165, 1.54) is 23.5 Å². The topological polar surface area (TPSA) is 89.7 Å². The van der Waals surface area contributed by atoms with E-state index in [0.717, 1.165) is 5.56 Å². The highest BCUT2D eigenvalue weighted by Gasteiger charge is 2.26. The third-order valence-corrected chi connectivity index (χ3v) is 5.95. The Morgan fingerprint density at radius 3 is 2.25 bits per heavy atom. The Balaban J connectivity index is 2.04. The molecular weight excluding hydrogens is 380 g/mol. The number of ether oxygens (including phenoxy) is 1. The van der Waals surface area contributed by atoms with Gasteiger partial charge in [0, 0.05) is 6.07 Å². The lowest BCUT2D eigenvalue weighted by Crippen LogP contribution is -2.30. The third kappa shape index (κ3) is 4.07. The Kier molecular flexibility index (Phi) is 5.51. The Morgan fingerprint density at radius 1 is 1.07 bits per heavy atom. The largest absolute Gasteiger partial charge is 0.465 e. The molecule has 146 valence electrons. The molecule has 0 saturated carbocycles. The summed E-state index contributed by atoms with van der Waals surface area (Å²) in [5.74, 6) is -0.0874. The highest BCUT2D eigenvalue weighted by atomic mass is 32.2. The molecule has 8 heteroatoms. The first kappa shape index (κ1) is 19.6. The molecule has 0 fully saturated rings. The summed E-state index contributed by atoms with van der Waals surface area (Å²) in [4.78, 5) is 11.8. The minimum Gasteiger partial charge on any atom is -0.465 e. The van der Waals surface area contributed by atoms with Crippen molar-refractivity contribution in [2.75, 3.05) is 11.4 Å². The van der Waals surface area contributed by atoms with Gasteiger partial charge < -0.3 is 9.26 Å². The van der Waals surface area contributed by atoms with Crippen molar-refractivity contribution in [3.63, 3.8) is 0 Å². The minimum absolute atomic E-state index is 0.0331. The molecule has 0 amide bonds. The van der Waals surface area contributed by atoms with Crippen molar-refractivity contribution in [3.05, 3.63) is 77.2 Å². The smallest absolute Gasteiger partial charge is 0.337 e. The summed E-state index contributed by atoms with van der Waals surface area (Å²) in [5, 5.41) is 3.82. The van der Waals surface area contributed by atoms with Crippen LogP contribution >= 0.6 is 0 Å². The van der Waals surface area contributed by atoms with Crippen LogP contribution in [-0.2, 0) is 21.3 Å². The van der Waals surface area contributed by atoms with Crippen LogP contribution in [0.2, 0.25) is 0 Å². The van der Waals surface area contributed by atoms with Crippen LogP contribution in [0.25, 0.3) is 0 Å². The molecule has 0 N–H and O–H groups in total. The monoisotopic (exact) mass is 400 g/mol. The molecule has 0 aliphatic rings. The van der Waals surface area contributed by atoms with E-state index in [0.29, 0.717) is 22.7 Å². The summed E-state index contributed by atoms with van der Waals surface area (Å²) in [5.41, 5.74) is 2.33. The average molecular weight is 400 g/mol. The predicted octanol–water partition coefficient (Wildman–Crippen LogP) is 3.47. The van der Waals surface area contributed by atoms with Gasteiger partial charge in [-0.2, -0.15) is 0 Å². The second-order valence-corrected chi connectivity index (χ2v) is 8.16. The van der Waals surface area contributed by atoms with Crippen LogP contribution in [-0.4, -0.2) is 26.7 Å².